The number of amides is 2. The summed E-state index contributed by atoms with van der Waals surface area (Å²) < 4.78 is 47.7. The van der Waals surface area contributed by atoms with Crippen molar-refractivity contribution in [1.29, 1.82) is 0 Å². The molecule has 1 aliphatic rings. The summed E-state index contributed by atoms with van der Waals surface area (Å²) in [5.74, 6) is -0.840. The van der Waals surface area contributed by atoms with Gasteiger partial charge in [-0.25, -0.2) is 9.48 Å². The maximum Gasteiger partial charge on any atom is 0.434 e. The normalized spacial score (nSPS) is 15.5. The molecule has 32 heavy (non-hydrogen) atoms. The van der Waals surface area contributed by atoms with Crippen molar-refractivity contribution in [2.24, 2.45) is 0 Å². The van der Waals surface area contributed by atoms with E-state index >= 15 is 0 Å². The van der Waals surface area contributed by atoms with Crippen LogP contribution in [0.1, 0.15) is 55.2 Å². The number of aryl methyl sites for hydroxylation is 1. The molecule has 0 radical (unpaired) electrons. The third-order valence-electron chi connectivity index (χ3n) is 5.11. The Labute approximate surface area is 184 Å². The lowest BCUT2D eigenvalue weighted by atomic mass is 10.0. The SMILES string of the molecule is Cc1ccccc1-n1ncc(C(=O)NC2CCN(C(=O)OC(C)(C)C)CC2)c1C(F)(F)F. The van der Waals surface area contributed by atoms with Crippen molar-refractivity contribution in [3.05, 3.63) is 47.3 Å². The van der Waals surface area contributed by atoms with E-state index in [4.69, 9.17) is 4.74 Å². The lowest BCUT2D eigenvalue weighted by Gasteiger charge is -2.33. The van der Waals surface area contributed by atoms with Gasteiger partial charge < -0.3 is 15.0 Å². The lowest BCUT2D eigenvalue weighted by molar-refractivity contribution is -0.143. The van der Waals surface area contributed by atoms with Gasteiger partial charge in [-0.15, -0.1) is 0 Å². The van der Waals surface area contributed by atoms with Crippen molar-refractivity contribution in [3.63, 3.8) is 0 Å². The highest BCUT2D eigenvalue weighted by Gasteiger charge is 2.41. The molecule has 0 aliphatic carbocycles. The minimum absolute atomic E-state index is 0.254. The van der Waals surface area contributed by atoms with E-state index in [0.717, 1.165) is 10.9 Å². The molecular weight excluding hydrogens is 425 g/mol. The number of para-hydroxylation sites is 1. The molecule has 0 spiro atoms. The fourth-order valence-electron chi connectivity index (χ4n) is 3.57. The van der Waals surface area contributed by atoms with Crippen LogP contribution in [0.2, 0.25) is 0 Å². The van der Waals surface area contributed by atoms with Crippen LogP contribution in [0.3, 0.4) is 0 Å². The number of rotatable bonds is 3. The van der Waals surface area contributed by atoms with Crippen LogP contribution in [-0.2, 0) is 10.9 Å². The average molecular weight is 452 g/mol. The predicted octanol–water partition coefficient (Wildman–Crippen LogP) is 4.33. The van der Waals surface area contributed by atoms with Crippen molar-refractivity contribution in [2.45, 2.75) is 58.4 Å². The van der Waals surface area contributed by atoms with Crippen LogP contribution in [0, 0.1) is 6.92 Å². The molecule has 1 fully saturated rings. The Hall–Kier alpha value is -3.04. The van der Waals surface area contributed by atoms with E-state index in [1.165, 1.54) is 11.0 Å². The molecule has 10 heteroatoms. The second-order valence-corrected chi connectivity index (χ2v) is 8.82. The van der Waals surface area contributed by atoms with Crippen molar-refractivity contribution in [3.8, 4) is 5.69 Å². The second-order valence-electron chi connectivity index (χ2n) is 8.82. The van der Waals surface area contributed by atoms with Gasteiger partial charge in [0.2, 0.25) is 0 Å². The standard InChI is InChI=1S/C22H27F3N4O3/c1-14-7-5-6-8-17(14)29-18(22(23,24)25)16(13-26-29)19(30)27-15-9-11-28(12-10-15)20(31)32-21(2,3)4/h5-8,13,15H,9-12H2,1-4H3,(H,27,30). The highest BCUT2D eigenvalue weighted by molar-refractivity contribution is 5.95. The number of nitrogens with one attached hydrogen (secondary N) is 1. The molecule has 0 atom stereocenters. The van der Waals surface area contributed by atoms with Gasteiger partial charge in [-0.05, 0) is 52.2 Å². The summed E-state index contributed by atoms with van der Waals surface area (Å²) in [6.07, 6.45) is -3.44. The molecular formula is C22H27F3N4O3. The zero-order valence-electron chi connectivity index (χ0n) is 18.5. The Kier molecular flexibility index (Phi) is 6.52. The van der Waals surface area contributed by atoms with Crippen molar-refractivity contribution >= 4 is 12.0 Å². The van der Waals surface area contributed by atoms with Crippen molar-refractivity contribution < 1.29 is 27.5 Å². The number of alkyl halides is 3. The van der Waals surface area contributed by atoms with E-state index in [0.29, 0.717) is 31.5 Å². The van der Waals surface area contributed by atoms with Crippen LogP contribution in [0.15, 0.2) is 30.5 Å². The summed E-state index contributed by atoms with van der Waals surface area (Å²) in [6, 6.07) is 6.17. The van der Waals surface area contributed by atoms with Gasteiger partial charge in [-0.2, -0.15) is 18.3 Å². The van der Waals surface area contributed by atoms with Gasteiger partial charge in [0.05, 0.1) is 17.4 Å². The molecule has 2 amide bonds. The van der Waals surface area contributed by atoms with Crippen molar-refractivity contribution in [1.82, 2.24) is 20.0 Å². The van der Waals surface area contributed by atoms with E-state index in [9.17, 15) is 22.8 Å². The topological polar surface area (TPSA) is 76.5 Å². The van der Waals surface area contributed by atoms with E-state index in [1.54, 1.807) is 45.9 Å². The van der Waals surface area contributed by atoms with Gasteiger partial charge in [0.25, 0.3) is 5.91 Å². The number of benzene rings is 1. The Balaban J connectivity index is 1.73. The van der Waals surface area contributed by atoms with Crippen LogP contribution in [-0.4, -0.2) is 51.4 Å². The van der Waals surface area contributed by atoms with Crippen LogP contribution in [0.25, 0.3) is 5.69 Å². The number of likely N-dealkylation sites (tertiary alicyclic amines) is 1. The lowest BCUT2D eigenvalue weighted by Crippen LogP contribution is -2.48. The molecule has 1 aromatic carbocycles. The third-order valence-corrected chi connectivity index (χ3v) is 5.11. The number of ether oxygens (including phenoxy) is 1. The van der Waals surface area contributed by atoms with Crippen LogP contribution in [0.5, 0.6) is 0 Å². The first-order valence-corrected chi connectivity index (χ1v) is 10.4. The van der Waals surface area contributed by atoms with Gasteiger partial charge in [0, 0.05) is 19.1 Å². The fraction of sp³-hybridized carbons (Fsp3) is 0.500. The molecule has 2 aromatic rings. The Morgan fingerprint density at radius 1 is 1.12 bits per heavy atom. The quantitative estimate of drug-likeness (QED) is 0.752. The predicted molar refractivity (Wildman–Crippen MR) is 112 cm³/mol. The summed E-state index contributed by atoms with van der Waals surface area (Å²) in [4.78, 5) is 26.4. The first kappa shape index (κ1) is 23.6. The van der Waals surface area contributed by atoms with Crippen LogP contribution >= 0.6 is 0 Å². The molecule has 1 saturated heterocycles. The average Bonchev–Trinajstić information content (AvgIpc) is 3.13. The van der Waals surface area contributed by atoms with Crippen LogP contribution < -0.4 is 5.32 Å². The second kappa shape index (κ2) is 8.84. The summed E-state index contributed by atoms with van der Waals surface area (Å²) >= 11 is 0. The molecule has 1 aromatic heterocycles. The first-order chi connectivity index (χ1) is 14.9. The number of piperidine rings is 1. The van der Waals surface area contributed by atoms with E-state index in [2.05, 4.69) is 10.4 Å². The van der Waals surface area contributed by atoms with Gasteiger partial charge >= 0.3 is 12.3 Å². The minimum Gasteiger partial charge on any atom is -0.444 e. The van der Waals surface area contributed by atoms with Crippen LogP contribution in [0.4, 0.5) is 18.0 Å². The summed E-state index contributed by atoms with van der Waals surface area (Å²) in [5, 5.41) is 6.53. The molecule has 7 nitrogen and oxygen atoms in total. The largest absolute Gasteiger partial charge is 0.444 e. The highest BCUT2D eigenvalue weighted by Crippen LogP contribution is 2.34. The van der Waals surface area contributed by atoms with E-state index in [1.807, 2.05) is 0 Å². The van der Waals surface area contributed by atoms with Crippen molar-refractivity contribution in [2.75, 3.05) is 13.1 Å². The number of hydrogen-bond donors (Lipinski definition) is 1. The van der Waals surface area contributed by atoms with E-state index < -0.39 is 35.0 Å². The molecule has 3 rings (SSSR count). The molecule has 1 N–H and O–H groups in total. The number of aromatic nitrogens is 2. The fourth-order valence-corrected chi connectivity index (χ4v) is 3.57. The molecule has 1 aliphatic heterocycles. The monoisotopic (exact) mass is 452 g/mol. The van der Waals surface area contributed by atoms with Gasteiger partial charge in [0.1, 0.15) is 5.60 Å². The Bertz CT molecular complexity index is 987. The maximum absolute atomic E-state index is 13.9. The number of halogens is 3. The molecule has 0 bridgehead atoms. The maximum atomic E-state index is 13.9. The molecule has 0 saturated carbocycles. The van der Waals surface area contributed by atoms with Gasteiger partial charge in [-0.1, -0.05) is 18.2 Å². The first-order valence-electron chi connectivity index (χ1n) is 10.4. The Morgan fingerprint density at radius 2 is 1.75 bits per heavy atom. The zero-order valence-corrected chi connectivity index (χ0v) is 18.5. The summed E-state index contributed by atoms with van der Waals surface area (Å²) in [6.45, 7) is 7.67. The Morgan fingerprint density at radius 3 is 2.31 bits per heavy atom. The molecule has 0 unspecified atom stereocenters. The molecule has 174 valence electrons. The zero-order chi connectivity index (χ0) is 23.7. The summed E-state index contributed by atoms with van der Waals surface area (Å²) in [5.41, 5.74) is -1.41. The number of carbonyl (C=O) groups excluding carboxylic acids is 2. The van der Waals surface area contributed by atoms with Gasteiger partial charge in [0.15, 0.2) is 5.69 Å². The summed E-state index contributed by atoms with van der Waals surface area (Å²) in [7, 11) is 0. The van der Waals surface area contributed by atoms with Gasteiger partial charge in [-0.3, -0.25) is 4.79 Å². The minimum atomic E-state index is -4.77. The number of hydrogen-bond acceptors (Lipinski definition) is 4. The number of nitrogens with zero attached hydrogens (tertiary/aromatic N) is 3. The highest BCUT2D eigenvalue weighted by atomic mass is 19.4. The smallest absolute Gasteiger partial charge is 0.434 e. The van der Waals surface area contributed by atoms with E-state index in [-0.39, 0.29) is 11.7 Å². The third kappa shape index (κ3) is 5.41. The molecule has 2 heterocycles. The number of carbonyl (C=O) groups is 2.